The smallest absolute Gasteiger partial charge is 0.192 e. The SMILES string of the molecule is CCC1(C)c2ccc(-c3ccccc3)cc2-c2cc3c(c[n+]2C1(CC)CC)C1CCC3C1. The van der Waals surface area contributed by atoms with Crippen LogP contribution in [-0.4, -0.2) is 0 Å². The topological polar surface area (TPSA) is 3.88 Å². The molecule has 1 heteroatoms. The van der Waals surface area contributed by atoms with Gasteiger partial charge in [0.1, 0.15) is 0 Å². The molecule has 3 atom stereocenters. The molecule has 1 nitrogen and oxygen atoms in total. The molecular weight excluding hydrogens is 386 g/mol. The van der Waals surface area contributed by atoms with Crippen LogP contribution in [0.25, 0.3) is 22.4 Å². The van der Waals surface area contributed by atoms with Crippen LogP contribution in [0.4, 0.5) is 0 Å². The molecule has 2 aromatic carbocycles. The lowest BCUT2D eigenvalue weighted by Gasteiger charge is -2.48. The molecule has 2 heterocycles. The van der Waals surface area contributed by atoms with E-state index in [-0.39, 0.29) is 11.0 Å². The van der Waals surface area contributed by atoms with E-state index in [1.165, 1.54) is 41.6 Å². The van der Waals surface area contributed by atoms with Gasteiger partial charge in [-0.1, -0.05) is 63.2 Å². The lowest BCUT2D eigenvalue weighted by molar-refractivity contribution is -0.770. The molecule has 1 fully saturated rings. The molecule has 6 rings (SSSR count). The zero-order chi connectivity index (χ0) is 22.1. The van der Waals surface area contributed by atoms with E-state index in [0.29, 0.717) is 0 Å². The Kier molecular flexibility index (Phi) is 4.45. The third-order valence-corrected chi connectivity index (χ3v) is 9.83. The van der Waals surface area contributed by atoms with E-state index >= 15 is 0 Å². The molecule has 0 saturated heterocycles. The molecule has 2 aliphatic carbocycles. The Morgan fingerprint density at radius 2 is 1.53 bits per heavy atom. The molecule has 164 valence electrons. The van der Waals surface area contributed by atoms with Gasteiger partial charge in [-0.2, -0.15) is 4.57 Å². The summed E-state index contributed by atoms with van der Waals surface area (Å²) < 4.78 is 2.76. The van der Waals surface area contributed by atoms with Gasteiger partial charge < -0.3 is 0 Å². The Balaban J connectivity index is 1.67. The number of fused-ring (bicyclic) bond motifs is 8. The highest BCUT2D eigenvalue weighted by molar-refractivity contribution is 5.75. The zero-order valence-corrected chi connectivity index (χ0v) is 20.1. The standard InChI is InChI=1S/C31H36N/c1-5-30(4)28-16-15-22(21-11-9-8-10-12-21)18-26(28)29-19-25-23-13-14-24(17-23)27(25)20-32(29)31(30,6-2)7-3/h8-12,15-16,18-20,23-24H,5-7,13-14,17H2,1-4H3/q+1. The van der Waals surface area contributed by atoms with Crippen LogP contribution in [0.1, 0.15) is 94.7 Å². The predicted molar refractivity (Wildman–Crippen MR) is 133 cm³/mol. The minimum Gasteiger partial charge on any atom is -0.192 e. The van der Waals surface area contributed by atoms with Crippen molar-refractivity contribution in [1.29, 1.82) is 0 Å². The maximum Gasteiger partial charge on any atom is 0.213 e. The molecule has 0 amide bonds. The van der Waals surface area contributed by atoms with Crippen LogP contribution >= 0.6 is 0 Å². The molecule has 0 radical (unpaired) electrons. The van der Waals surface area contributed by atoms with Gasteiger partial charge in [0.15, 0.2) is 11.7 Å². The van der Waals surface area contributed by atoms with Gasteiger partial charge in [0.25, 0.3) is 0 Å². The highest BCUT2D eigenvalue weighted by Crippen LogP contribution is 2.56. The van der Waals surface area contributed by atoms with Crippen LogP contribution in [0.3, 0.4) is 0 Å². The average Bonchev–Trinajstić information content (AvgIpc) is 3.47. The quantitative estimate of drug-likeness (QED) is 0.377. The second-order valence-corrected chi connectivity index (χ2v) is 10.7. The van der Waals surface area contributed by atoms with Crippen molar-refractivity contribution in [3.63, 3.8) is 0 Å². The normalized spacial score (nSPS) is 26.5. The number of nitrogens with zero attached hydrogens (tertiary/aromatic N) is 1. The molecular formula is C31H36N+. The Bertz CT molecular complexity index is 1190. The Hall–Kier alpha value is -2.41. The van der Waals surface area contributed by atoms with E-state index < -0.39 is 0 Å². The summed E-state index contributed by atoms with van der Waals surface area (Å²) in [5.74, 6) is 1.59. The molecule has 32 heavy (non-hydrogen) atoms. The second-order valence-electron chi connectivity index (χ2n) is 10.7. The van der Waals surface area contributed by atoms with Crippen LogP contribution in [0.5, 0.6) is 0 Å². The first-order valence-electron chi connectivity index (χ1n) is 12.9. The van der Waals surface area contributed by atoms with E-state index in [1.54, 1.807) is 16.7 Å². The van der Waals surface area contributed by atoms with E-state index in [0.717, 1.165) is 31.1 Å². The lowest BCUT2D eigenvalue weighted by Crippen LogP contribution is -2.69. The Morgan fingerprint density at radius 1 is 0.812 bits per heavy atom. The van der Waals surface area contributed by atoms with Gasteiger partial charge in [0, 0.05) is 24.5 Å². The maximum atomic E-state index is 2.76. The van der Waals surface area contributed by atoms with Crippen LogP contribution in [0.2, 0.25) is 0 Å². The summed E-state index contributed by atoms with van der Waals surface area (Å²) in [5, 5.41) is 0. The molecule has 2 bridgehead atoms. The second kappa shape index (κ2) is 7.04. The first kappa shape index (κ1) is 20.2. The molecule has 1 aromatic heterocycles. The van der Waals surface area contributed by atoms with Crippen molar-refractivity contribution in [2.24, 2.45) is 0 Å². The highest BCUT2D eigenvalue weighted by atomic mass is 15.1. The van der Waals surface area contributed by atoms with Crippen molar-refractivity contribution < 1.29 is 4.57 Å². The molecule has 3 aliphatic rings. The molecule has 0 N–H and O–H groups in total. The number of rotatable bonds is 4. The Labute approximate surface area is 193 Å². The van der Waals surface area contributed by atoms with E-state index in [4.69, 9.17) is 0 Å². The summed E-state index contributed by atoms with van der Waals surface area (Å²) in [5.41, 5.74) is 10.7. The number of aromatic nitrogens is 1. The fraction of sp³-hybridized carbons (Fsp3) is 0.452. The predicted octanol–water partition coefficient (Wildman–Crippen LogP) is 7.87. The summed E-state index contributed by atoms with van der Waals surface area (Å²) in [6, 6.07) is 20.8. The zero-order valence-electron chi connectivity index (χ0n) is 20.1. The summed E-state index contributed by atoms with van der Waals surface area (Å²) in [7, 11) is 0. The number of pyridine rings is 1. The van der Waals surface area contributed by atoms with Gasteiger partial charge in [0.05, 0.1) is 11.0 Å². The van der Waals surface area contributed by atoms with Crippen molar-refractivity contribution in [2.45, 2.75) is 89.0 Å². The van der Waals surface area contributed by atoms with Crippen molar-refractivity contribution in [3.8, 4) is 22.4 Å². The molecule has 1 saturated carbocycles. The Morgan fingerprint density at radius 3 is 2.22 bits per heavy atom. The monoisotopic (exact) mass is 422 g/mol. The van der Waals surface area contributed by atoms with Crippen LogP contribution in [-0.2, 0) is 11.0 Å². The van der Waals surface area contributed by atoms with Crippen LogP contribution in [0.15, 0.2) is 60.8 Å². The van der Waals surface area contributed by atoms with Crippen molar-refractivity contribution in [1.82, 2.24) is 0 Å². The van der Waals surface area contributed by atoms with E-state index in [2.05, 4.69) is 93.1 Å². The van der Waals surface area contributed by atoms with E-state index in [9.17, 15) is 0 Å². The van der Waals surface area contributed by atoms with Crippen molar-refractivity contribution >= 4 is 0 Å². The van der Waals surface area contributed by atoms with Crippen molar-refractivity contribution in [3.05, 3.63) is 77.5 Å². The van der Waals surface area contributed by atoms with Gasteiger partial charge in [-0.25, -0.2) is 0 Å². The fourth-order valence-electron chi connectivity index (χ4n) is 7.84. The van der Waals surface area contributed by atoms with Gasteiger partial charge in [-0.15, -0.1) is 0 Å². The largest absolute Gasteiger partial charge is 0.213 e. The maximum absolute atomic E-state index is 2.76. The molecule has 0 spiro atoms. The third kappa shape index (κ3) is 2.43. The third-order valence-electron chi connectivity index (χ3n) is 9.83. The van der Waals surface area contributed by atoms with E-state index in [1.807, 2.05) is 0 Å². The average molecular weight is 423 g/mol. The lowest BCUT2D eigenvalue weighted by atomic mass is 9.58. The minimum absolute atomic E-state index is 0.116. The molecule has 1 aliphatic heterocycles. The van der Waals surface area contributed by atoms with Crippen molar-refractivity contribution in [2.75, 3.05) is 0 Å². The summed E-state index contributed by atoms with van der Waals surface area (Å²) in [6.45, 7) is 9.76. The van der Waals surface area contributed by atoms with Gasteiger partial charge >= 0.3 is 0 Å². The van der Waals surface area contributed by atoms with Gasteiger partial charge in [0.2, 0.25) is 5.69 Å². The first-order valence-corrected chi connectivity index (χ1v) is 12.9. The summed E-state index contributed by atoms with van der Waals surface area (Å²) in [4.78, 5) is 0. The number of benzene rings is 2. The van der Waals surface area contributed by atoms with Gasteiger partial charge in [-0.05, 0) is 72.8 Å². The van der Waals surface area contributed by atoms with Crippen LogP contribution in [0, 0.1) is 0 Å². The minimum atomic E-state index is 0.116. The first-order chi connectivity index (χ1) is 15.6. The molecule has 3 aromatic rings. The highest BCUT2D eigenvalue weighted by Gasteiger charge is 2.59. The molecule has 3 unspecified atom stereocenters. The summed E-state index contributed by atoms with van der Waals surface area (Å²) >= 11 is 0. The number of hydrogen-bond donors (Lipinski definition) is 0. The van der Waals surface area contributed by atoms with Crippen LogP contribution < -0.4 is 4.57 Å². The summed E-state index contributed by atoms with van der Waals surface area (Å²) in [6.07, 6.45) is 10.3. The fourth-order valence-corrected chi connectivity index (χ4v) is 7.84. The number of hydrogen-bond acceptors (Lipinski definition) is 0. The van der Waals surface area contributed by atoms with Gasteiger partial charge in [-0.3, -0.25) is 0 Å².